The second-order valence-electron chi connectivity index (χ2n) is 14.4. The first-order valence-corrected chi connectivity index (χ1v) is 19.3. The van der Waals surface area contributed by atoms with Gasteiger partial charge in [0.2, 0.25) is 0 Å². The molecule has 2 aliphatic rings. The predicted molar refractivity (Wildman–Crippen MR) is 242 cm³/mol. The second kappa shape index (κ2) is 15.4. The largest absolute Gasteiger partial charge is 0.381 e. The highest BCUT2D eigenvalue weighted by Gasteiger charge is 2.14. The molecule has 1 N–H and O–H groups in total. The van der Waals surface area contributed by atoms with Gasteiger partial charge in [0, 0.05) is 23.8 Å². The maximum absolute atomic E-state index is 4.81. The predicted octanol–water partition coefficient (Wildman–Crippen LogP) is 14.3. The summed E-state index contributed by atoms with van der Waals surface area (Å²) in [7, 11) is 0. The lowest BCUT2D eigenvalue weighted by Gasteiger charge is -2.16. The van der Waals surface area contributed by atoms with E-state index in [1.807, 2.05) is 0 Å². The van der Waals surface area contributed by atoms with Gasteiger partial charge in [-0.15, -0.1) is 0 Å². The third-order valence-corrected chi connectivity index (χ3v) is 10.8. The number of allylic oxidation sites excluding steroid dienone is 9. The van der Waals surface area contributed by atoms with Crippen molar-refractivity contribution in [3.05, 3.63) is 211 Å². The summed E-state index contributed by atoms with van der Waals surface area (Å²) < 4.78 is 0. The lowest BCUT2D eigenvalue weighted by molar-refractivity contribution is 0.995. The first kappa shape index (κ1) is 34.7. The van der Waals surface area contributed by atoms with Gasteiger partial charge in [0.1, 0.15) is 0 Å². The molecule has 2 heteroatoms. The van der Waals surface area contributed by atoms with E-state index in [1.54, 1.807) is 12.3 Å². The Morgan fingerprint density at radius 1 is 0.518 bits per heavy atom. The van der Waals surface area contributed by atoms with Gasteiger partial charge in [-0.3, -0.25) is 4.99 Å². The summed E-state index contributed by atoms with van der Waals surface area (Å²) in [6.45, 7) is 6.84. The van der Waals surface area contributed by atoms with Gasteiger partial charge in [-0.1, -0.05) is 146 Å². The van der Waals surface area contributed by atoms with E-state index < -0.39 is 0 Å². The van der Waals surface area contributed by atoms with Crippen LogP contribution in [0.4, 0.5) is 5.69 Å². The van der Waals surface area contributed by atoms with E-state index in [0.29, 0.717) is 0 Å². The number of fused-ring (bicyclic) bond motifs is 3. The van der Waals surface area contributed by atoms with Crippen LogP contribution in [0.2, 0.25) is 0 Å². The van der Waals surface area contributed by atoms with E-state index >= 15 is 0 Å². The highest BCUT2D eigenvalue weighted by molar-refractivity contribution is 6.15. The third kappa shape index (κ3) is 6.90. The van der Waals surface area contributed by atoms with E-state index in [4.69, 9.17) is 4.99 Å². The van der Waals surface area contributed by atoms with Crippen LogP contribution in [0, 0.1) is 6.92 Å². The molecular formula is C54H42N2. The Kier molecular flexibility index (Phi) is 9.53. The Morgan fingerprint density at radius 2 is 1.11 bits per heavy atom. The molecule has 268 valence electrons. The topological polar surface area (TPSA) is 24.4 Å². The summed E-state index contributed by atoms with van der Waals surface area (Å²) in [5.74, 6) is 0. The number of aliphatic imine (C=N–C) groups is 1. The fourth-order valence-corrected chi connectivity index (χ4v) is 8.00. The monoisotopic (exact) mass is 718 g/mol. The molecule has 0 bridgehead atoms. The molecule has 0 saturated carbocycles. The number of hydrogen-bond donors (Lipinski definition) is 1. The summed E-state index contributed by atoms with van der Waals surface area (Å²) >= 11 is 0. The van der Waals surface area contributed by atoms with Gasteiger partial charge in [0.15, 0.2) is 0 Å². The minimum atomic E-state index is 0.831. The lowest BCUT2D eigenvalue weighted by atomic mass is 9.91. The van der Waals surface area contributed by atoms with Gasteiger partial charge in [0.25, 0.3) is 0 Å². The standard InChI is InChI=1S/C54H42N2/c1-3-28-56-54-37(2)49-23-8-9-24-50(49)52-36-45(26-27-51(52)54)43-21-13-19-41(31-43)39-17-12-18-40(30-39)42-20-14-22-44(32-42)47-33-46(38-15-6-4-5-7-16-38)34-48(35-47)53-25-10-11-29-55-53/h3-4,6-28,30-36,55H,1,5,29H2,2H3. The van der Waals surface area contributed by atoms with Crippen molar-refractivity contribution in [2.45, 2.75) is 13.3 Å². The molecule has 0 spiro atoms. The molecule has 56 heavy (non-hydrogen) atoms. The number of nitrogens with zero attached hydrogens (tertiary/aromatic N) is 1. The smallest absolute Gasteiger partial charge is 0.0743 e. The first-order chi connectivity index (χ1) is 27.6. The van der Waals surface area contributed by atoms with Crippen molar-refractivity contribution in [3.63, 3.8) is 0 Å². The Hall–Kier alpha value is -7.03. The first-order valence-electron chi connectivity index (χ1n) is 19.3. The lowest BCUT2D eigenvalue weighted by Crippen LogP contribution is -2.14. The zero-order valence-corrected chi connectivity index (χ0v) is 31.5. The molecule has 1 aliphatic carbocycles. The van der Waals surface area contributed by atoms with Crippen molar-refractivity contribution >= 4 is 44.7 Å². The Labute approximate surface area is 329 Å². The fraction of sp³-hybridized carbons (Fsp3) is 0.0556. The average Bonchev–Trinajstić information content (AvgIpc) is 3.57. The number of nitrogens with one attached hydrogen (secondary N) is 1. The number of benzene rings is 7. The summed E-state index contributed by atoms with van der Waals surface area (Å²) in [6.07, 6.45) is 21.9. The molecule has 1 aliphatic heterocycles. The van der Waals surface area contributed by atoms with Crippen LogP contribution in [-0.2, 0) is 0 Å². The Morgan fingerprint density at radius 3 is 1.77 bits per heavy atom. The van der Waals surface area contributed by atoms with Crippen molar-refractivity contribution in [3.8, 4) is 44.5 Å². The van der Waals surface area contributed by atoms with Crippen LogP contribution in [0.15, 0.2) is 200 Å². The molecule has 7 aromatic carbocycles. The van der Waals surface area contributed by atoms with Crippen molar-refractivity contribution < 1.29 is 0 Å². The number of aryl methyl sites for hydroxylation is 1. The quantitative estimate of drug-likeness (QED) is 0.123. The average molecular weight is 719 g/mol. The van der Waals surface area contributed by atoms with Crippen molar-refractivity contribution in [2.24, 2.45) is 4.99 Å². The summed E-state index contributed by atoms with van der Waals surface area (Å²) in [5, 5.41) is 8.38. The second-order valence-corrected chi connectivity index (χ2v) is 14.4. The van der Waals surface area contributed by atoms with Crippen molar-refractivity contribution in [2.75, 3.05) is 6.54 Å². The van der Waals surface area contributed by atoms with E-state index in [0.717, 1.165) is 29.7 Å². The summed E-state index contributed by atoms with van der Waals surface area (Å²) in [6, 6.07) is 49.1. The zero-order valence-electron chi connectivity index (χ0n) is 31.5. The van der Waals surface area contributed by atoms with E-state index in [1.165, 1.54) is 82.9 Å². The highest BCUT2D eigenvalue weighted by atomic mass is 14.9. The van der Waals surface area contributed by atoms with E-state index in [-0.39, 0.29) is 0 Å². The third-order valence-electron chi connectivity index (χ3n) is 10.8. The van der Waals surface area contributed by atoms with E-state index in [9.17, 15) is 0 Å². The van der Waals surface area contributed by atoms with Crippen LogP contribution in [0.3, 0.4) is 0 Å². The Bertz CT molecular complexity index is 2860. The van der Waals surface area contributed by atoms with Crippen LogP contribution in [0.5, 0.6) is 0 Å². The van der Waals surface area contributed by atoms with Crippen LogP contribution in [0.25, 0.3) is 77.3 Å². The number of dihydropyridines is 1. The molecule has 0 fully saturated rings. The van der Waals surface area contributed by atoms with Gasteiger partial charge < -0.3 is 5.32 Å². The summed E-state index contributed by atoms with van der Waals surface area (Å²) in [5.41, 5.74) is 16.4. The molecule has 0 radical (unpaired) electrons. The molecule has 0 atom stereocenters. The molecular weight excluding hydrogens is 677 g/mol. The molecule has 7 aromatic rings. The molecule has 0 saturated heterocycles. The molecule has 0 aromatic heterocycles. The van der Waals surface area contributed by atoms with Crippen molar-refractivity contribution in [1.82, 2.24) is 5.32 Å². The SMILES string of the molecule is C=CC=Nc1c(C)c2ccccc2c2cc(-c3cccc(-c4cccc(-c5cccc(-c6cc(C7=CC=CCC=C7)cc(C7=CC=CCN7)c6)c5)c4)c3)ccc12. The molecule has 2 nitrogen and oxygen atoms in total. The normalized spacial score (nSPS) is 13.8. The molecule has 1 heterocycles. The van der Waals surface area contributed by atoms with Crippen LogP contribution in [-0.4, -0.2) is 12.8 Å². The maximum Gasteiger partial charge on any atom is 0.0743 e. The molecule has 0 amide bonds. The van der Waals surface area contributed by atoms with Gasteiger partial charge in [-0.25, -0.2) is 0 Å². The van der Waals surface area contributed by atoms with Gasteiger partial charge in [0.05, 0.1) is 5.69 Å². The Balaban J connectivity index is 1.07. The summed E-state index contributed by atoms with van der Waals surface area (Å²) in [4.78, 5) is 4.81. The minimum Gasteiger partial charge on any atom is -0.381 e. The van der Waals surface area contributed by atoms with Gasteiger partial charge >= 0.3 is 0 Å². The fourth-order valence-electron chi connectivity index (χ4n) is 8.00. The van der Waals surface area contributed by atoms with Crippen LogP contribution in [0.1, 0.15) is 23.1 Å². The maximum atomic E-state index is 4.81. The highest BCUT2D eigenvalue weighted by Crippen LogP contribution is 2.40. The zero-order chi connectivity index (χ0) is 37.8. The molecule has 9 rings (SSSR count). The van der Waals surface area contributed by atoms with E-state index in [2.05, 4.69) is 201 Å². The van der Waals surface area contributed by atoms with Gasteiger partial charge in [-0.2, -0.15) is 0 Å². The molecule has 0 unspecified atom stereocenters. The van der Waals surface area contributed by atoms with Crippen molar-refractivity contribution in [1.29, 1.82) is 0 Å². The number of hydrogen-bond acceptors (Lipinski definition) is 2. The number of rotatable bonds is 8. The van der Waals surface area contributed by atoms with Crippen LogP contribution >= 0.6 is 0 Å². The van der Waals surface area contributed by atoms with Crippen LogP contribution < -0.4 is 5.32 Å². The van der Waals surface area contributed by atoms with Gasteiger partial charge in [-0.05, 0) is 145 Å². The minimum absolute atomic E-state index is 0.831.